The molecule has 0 unspecified atom stereocenters. The number of carbonyl (C=O) groups is 1. The molecule has 3 aliphatic rings. The molecule has 1 saturated carbocycles. The Morgan fingerprint density at radius 2 is 1.67 bits per heavy atom. The molecule has 0 spiro atoms. The number of halogens is 3. The second-order valence-electron chi connectivity index (χ2n) is 13.1. The van der Waals surface area contributed by atoms with Gasteiger partial charge in [0.25, 0.3) is 0 Å². The number of benzene rings is 2. The molecule has 6 rings (SSSR count). The number of amides is 1. The highest BCUT2D eigenvalue weighted by atomic mass is 19.4. The number of aromatic nitrogens is 2. The summed E-state index contributed by atoms with van der Waals surface area (Å²) in [6.07, 6.45) is 4.98. The summed E-state index contributed by atoms with van der Waals surface area (Å²) in [5, 5.41) is 0. The third kappa shape index (κ3) is 7.16. The van der Waals surface area contributed by atoms with Gasteiger partial charge in [0, 0.05) is 56.6 Å². The van der Waals surface area contributed by atoms with Crippen LogP contribution in [0.4, 0.5) is 23.7 Å². The second-order valence-corrected chi connectivity index (χ2v) is 13.1. The topological polar surface area (TPSA) is 53.8 Å². The average Bonchev–Trinajstić information content (AvgIpc) is 3.69. The van der Waals surface area contributed by atoms with Crippen molar-refractivity contribution in [2.45, 2.75) is 69.8 Å². The van der Waals surface area contributed by atoms with Crippen LogP contribution in [-0.2, 0) is 10.9 Å². The summed E-state index contributed by atoms with van der Waals surface area (Å²) >= 11 is 0. The SMILES string of the molecule is Cc1nccn1[C@@H]([C@H](c1ccccc1)C1CCN(CC2CN(c3ccc(C(F)(F)F)cc3)C2)CC1)N(C)C(=O)OC1CCCC1. The van der Waals surface area contributed by atoms with Crippen molar-refractivity contribution in [1.29, 1.82) is 0 Å². The van der Waals surface area contributed by atoms with Gasteiger partial charge in [0.15, 0.2) is 0 Å². The quantitative estimate of drug-likeness (QED) is 0.250. The molecular formula is C35H44F3N5O2. The van der Waals surface area contributed by atoms with Crippen molar-refractivity contribution in [2.75, 3.05) is 44.7 Å². The largest absolute Gasteiger partial charge is 0.446 e. The first-order valence-electron chi connectivity index (χ1n) is 16.3. The van der Waals surface area contributed by atoms with E-state index in [1.54, 1.807) is 23.2 Å². The maximum Gasteiger partial charge on any atom is 0.416 e. The van der Waals surface area contributed by atoms with Crippen molar-refractivity contribution in [2.24, 2.45) is 11.8 Å². The number of piperidine rings is 1. The van der Waals surface area contributed by atoms with E-state index >= 15 is 0 Å². The molecule has 0 N–H and O–H groups in total. The summed E-state index contributed by atoms with van der Waals surface area (Å²) < 4.78 is 47.0. The van der Waals surface area contributed by atoms with E-state index in [2.05, 4.69) is 43.6 Å². The van der Waals surface area contributed by atoms with Crippen LogP contribution in [0.15, 0.2) is 67.0 Å². The summed E-state index contributed by atoms with van der Waals surface area (Å²) in [6.45, 7) is 6.62. The summed E-state index contributed by atoms with van der Waals surface area (Å²) in [7, 11) is 1.87. The third-order valence-electron chi connectivity index (χ3n) is 10.1. The number of ether oxygens (including phenoxy) is 1. The van der Waals surface area contributed by atoms with E-state index in [9.17, 15) is 18.0 Å². The van der Waals surface area contributed by atoms with Crippen LogP contribution < -0.4 is 4.90 Å². The van der Waals surface area contributed by atoms with Gasteiger partial charge in [-0.2, -0.15) is 13.2 Å². The standard InChI is InChI=1S/C35H44F3N5O2/c1-25-39-18-21-43(25)33(40(2)34(44)45-31-10-6-7-11-31)32(27-8-4-3-5-9-27)28-16-19-41(20-17-28)22-26-23-42(24-26)30-14-12-29(13-15-30)35(36,37)38/h3-5,8-9,12-15,18,21,26,28,31-33H,6-7,10-11,16-17,19-20,22-24H2,1-2H3/t32-,33+/m1/s1. The van der Waals surface area contributed by atoms with Crippen LogP contribution in [0.3, 0.4) is 0 Å². The highest BCUT2D eigenvalue weighted by Gasteiger charge is 2.40. The van der Waals surface area contributed by atoms with Crippen LogP contribution in [0.1, 0.15) is 67.6 Å². The van der Waals surface area contributed by atoms with Crippen LogP contribution >= 0.6 is 0 Å². The smallest absolute Gasteiger partial charge is 0.416 e. The fraction of sp³-hybridized carbons (Fsp3) is 0.543. The van der Waals surface area contributed by atoms with E-state index < -0.39 is 11.7 Å². The van der Waals surface area contributed by atoms with Crippen LogP contribution in [0.2, 0.25) is 0 Å². The van der Waals surface area contributed by atoms with E-state index in [1.807, 2.05) is 26.2 Å². The molecule has 3 fully saturated rings. The van der Waals surface area contributed by atoms with Gasteiger partial charge in [0.05, 0.1) is 5.56 Å². The number of rotatable bonds is 9. The molecule has 1 aliphatic carbocycles. The monoisotopic (exact) mass is 623 g/mol. The minimum Gasteiger partial charge on any atom is -0.446 e. The van der Waals surface area contributed by atoms with Crippen LogP contribution in [-0.4, -0.2) is 71.3 Å². The van der Waals surface area contributed by atoms with Gasteiger partial charge in [-0.3, -0.25) is 4.90 Å². The molecule has 2 aliphatic heterocycles. The number of alkyl halides is 3. The molecule has 1 amide bonds. The maximum atomic E-state index is 13.6. The van der Waals surface area contributed by atoms with Gasteiger partial charge < -0.3 is 19.1 Å². The number of carbonyl (C=O) groups excluding carboxylic acids is 1. The van der Waals surface area contributed by atoms with Crippen molar-refractivity contribution in [3.05, 3.63) is 83.9 Å². The zero-order valence-corrected chi connectivity index (χ0v) is 26.2. The zero-order valence-electron chi connectivity index (χ0n) is 26.2. The van der Waals surface area contributed by atoms with Crippen LogP contribution in [0, 0.1) is 18.8 Å². The molecule has 2 saturated heterocycles. The van der Waals surface area contributed by atoms with Crippen LogP contribution in [0.25, 0.3) is 0 Å². The fourth-order valence-corrected chi connectivity index (χ4v) is 7.59. The fourth-order valence-electron chi connectivity index (χ4n) is 7.59. The predicted molar refractivity (Wildman–Crippen MR) is 168 cm³/mol. The first kappa shape index (κ1) is 31.5. The summed E-state index contributed by atoms with van der Waals surface area (Å²) in [6, 6.07) is 16.0. The molecule has 2 atom stereocenters. The van der Waals surface area contributed by atoms with E-state index in [0.29, 0.717) is 11.8 Å². The van der Waals surface area contributed by atoms with Crippen molar-refractivity contribution >= 4 is 11.8 Å². The molecule has 10 heteroatoms. The lowest BCUT2D eigenvalue weighted by Crippen LogP contribution is -2.53. The highest BCUT2D eigenvalue weighted by Crippen LogP contribution is 2.43. The number of likely N-dealkylation sites (tertiary alicyclic amines) is 1. The molecular weight excluding hydrogens is 579 g/mol. The summed E-state index contributed by atoms with van der Waals surface area (Å²) in [5.41, 5.74) is 1.45. The minimum absolute atomic E-state index is 0.00965. The molecule has 3 aromatic rings. The lowest BCUT2D eigenvalue weighted by molar-refractivity contribution is -0.137. The zero-order chi connectivity index (χ0) is 31.6. The maximum absolute atomic E-state index is 13.6. The Morgan fingerprint density at radius 3 is 2.27 bits per heavy atom. The number of likely N-dealkylation sites (N-methyl/N-ethyl adjacent to an activating group) is 1. The number of hydrogen-bond donors (Lipinski definition) is 0. The minimum atomic E-state index is -4.31. The van der Waals surface area contributed by atoms with Crippen molar-refractivity contribution < 1.29 is 22.7 Å². The van der Waals surface area contributed by atoms with E-state index in [0.717, 1.165) is 82.8 Å². The van der Waals surface area contributed by atoms with Crippen molar-refractivity contribution in [1.82, 2.24) is 19.4 Å². The molecule has 1 aromatic heterocycles. The van der Waals surface area contributed by atoms with Gasteiger partial charge in [-0.15, -0.1) is 0 Å². The summed E-state index contributed by atoms with van der Waals surface area (Å²) in [5.74, 6) is 1.76. The molecule has 45 heavy (non-hydrogen) atoms. The van der Waals surface area contributed by atoms with Crippen LogP contribution in [0.5, 0.6) is 0 Å². The Hall–Kier alpha value is -3.53. The Balaban J connectivity index is 1.12. The Morgan fingerprint density at radius 1 is 1.00 bits per heavy atom. The number of anilines is 1. The predicted octanol–water partition coefficient (Wildman–Crippen LogP) is 7.35. The third-order valence-corrected chi connectivity index (χ3v) is 10.1. The number of imidazole rings is 1. The van der Waals surface area contributed by atoms with Gasteiger partial charge in [0.2, 0.25) is 0 Å². The van der Waals surface area contributed by atoms with E-state index in [1.165, 1.54) is 17.7 Å². The molecule has 2 aromatic carbocycles. The van der Waals surface area contributed by atoms with Gasteiger partial charge in [-0.1, -0.05) is 30.3 Å². The number of aryl methyl sites for hydroxylation is 1. The Bertz CT molecular complexity index is 1390. The Kier molecular flexibility index (Phi) is 9.40. The lowest BCUT2D eigenvalue weighted by atomic mass is 9.77. The molecule has 0 radical (unpaired) electrons. The van der Waals surface area contributed by atoms with Gasteiger partial charge in [0.1, 0.15) is 18.1 Å². The Labute approximate surface area is 264 Å². The number of hydrogen-bond acceptors (Lipinski definition) is 5. The van der Waals surface area contributed by atoms with Gasteiger partial charge in [-0.05, 0) is 94.3 Å². The lowest BCUT2D eigenvalue weighted by Gasteiger charge is -2.46. The van der Waals surface area contributed by atoms with Gasteiger partial charge >= 0.3 is 12.3 Å². The normalized spacial score (nSPS) is 20.2. The van der Waals surface area contributed by atoms with Crippen molar-refractivity contribution in [3.63, 3.8) is 0 Å². The molecule has 3 heterocycles. The van der Waals surface area contributed by atoms with Gasteiger partial charge in [-0.25, -0.2) is 9.78 Å². The second kappa shape index (κ2) is 13.4. The van der Waals surface area contributed by atoms with E-state index in [-0.39, 0.29) is 24.3 Å². The highest BCUT2D eigenvalue weighted by molar-refractivity contribution is 5.68. The number of nitrogens with zero attached hydrogens (tertiary/aromatic N) is 5. The molecule has 7 nitrogen and oxygen atoms in total. The first-order chi connectivity index (χ1) is 21.7. The first-order valence-corrected chi connectivity index (χ1v) is 16.3. The average molecular weight is 624 g/mol. The van der Waals surface area contributed by atoms with E-state index in [4.69, 9.17) is 4.74 Å². The van der Waals surface area contributed by atoms with Crippen molar-refractivity contribution in [3.8, 4) is 0 Å². The molecule has 242 valence electrons. The molecule has 0 bridgehead atoms. The summed E-state index contributed by atoms with van der Waals surface area (Å²) in [4.78, 5) is 24.6.